The number of benzene rings is 2. The third-order valence-electron chi connectivity index (χ3n) is 6.55. The van der Waals surface area contributed by atoms with Crippen molar-refractivity contribution in [3.05, 3.63) is 94.8 Å². The van der Waals surface area contributed by atoms with Gasteiger partial charge < -0.3 is 14.6 Å². The van der Waals surface area contributed by atoms with E-state index in [2.05, 4.69) is 4.98 Å². The number of carbonyl (C=O) groups excluding carboxylic acids is 3. The van der Waals surface area contributed by atoms with Gasteiger partial charge in [-0.2, -0.15) is 0 Å². The molecule has 0 radical (unpaired) electrons. The second-order valence-electron chi connectivity index (χ2n) is 10.3. The van der Waals surface area contributed by atoms with Gasteiger partial charge in [0.2, 0.25) is 0 Å². The number of amides is 1. The largest absolute Gasteiger partial charge is 0.507 e. The minimum absolute atomic E-state index is 0.102. The quantitative estimate of drug-likeness (QED) is 0.185. The molecule has 1 aliphatic rings. The first kappa shape index (κ1) is 27.6. The van der Waals surface area contributed by atoms with E-state index in [9.17, 15) is 19.5 Å². The Bertz CT molecular complexity index is 1420. The number of hydrogen-bond donors (Lipinski definition) is 1. The lowest BCUT2D eigenvalue weighted by molar-refractivity contribution is -0.132. The molecule has 0 bridgehead atoms. The maximum Gasteiger partial charge on any atom is 0.338 e. The van der Waals surface area contributed by atoms with E-state index in [1.165, 1.54) is 24.1 Å². The van der Waals surface area contributed by atoms with Crippen LogP contribution in [-0.2, 0) is 19.7 Å². The van der Waals surface area contributed by atoms with Crippen molar-refractivity contribution in [2.45, 2.75) is 45.6 Å². The molecule has 1 saturated heterocycles. The molecule has 1 atom stereocenters. The van der Waals surface area contributed by atoms with Gasteiger partial charge in [0, 0.05) is 11.9 Å². The third kappa shape index (κ3) is 5.41. The van der Waals surface area contributed by atoms with Crippen molar-refractivity contribution in [1.82, 2.24) is 4.98 Å². The summed E-state index contributed by atoms with van der Waals surface area (Å²) in [5.41, 5.74) is 1.96. The summed E-state index contributed by atoms with van der Waals surface area (Å²) < 4.78 is 10.7. The number of nitrogens with zero attached hydrogens (tertiary/aromatic N) is 2. The molecular formula is C31H32N2O6. The van der Waals surface area contributed by atoms with E-state index in [4.69, 9.17) is 9.47 Å². The number of hydrogen-bond acceptors (Lipinski definition) is 7. The standard InChI is InChI=1S/C31H32N2O6/c1-6-17-39-30(37)19-10-13-21(14-11-19)33-26(23-9-7-8-16-32-23)25(28(35)29(33)36)27(34)22-18-20(31(2,3)4)12-15-24(22)38-5/h7-16,18,26,34H,6,17H2,1-5H3/b27-25+. The van der Waals surface area contributed by atoms with Crippen LogP contribution in [0.15, 0.2) is 72.4 Å². The zero-order valence-electron chi connectivity index (χ0n) is 22.7. The molecule has 2 aromatic carbocycles. The number of methoxy groups -OCH3 is 1. The van der Waals surface area contributed by atoms with Crippen molar-refractivity contribution < 1.29 is 29.0 Å². The Morgan fingerprint density at radius 3 is 2.36 bits per heavy atom. The zero-order chi connectivity index (χ0) is 28.3. The average Bonchev–Trinajstić information content (AvgIpc) is 3.21. The smallest absolute Gasteiger partial charge is 0.338 e. The fourth-order valence-corrected chi connectivity index (χ4v) is 4.46. The monoisotopic (exact) mass is 528 g/mol. The highest BCUT2D eigenvalue weighted by Gasteiger charge is 2.48. The van der Waals surface area contributed by atoms with E-state index in [1.807, 2.05) is 33.8 Å². The maximum absolute atomic E-state index is 13.5. The molecule has 8 nitrogen and oxygen atoms in total. The molecular weight excluding hydrogens is 496 g/mol. The Morgan fingerprint density at radius 2 is 1.77 bits per heavy atom. The minimum Gasteiger partial charge on any atom is -0.507 e. The number of Topliss-reactive ketones (excluding diaryl/α,β-unsaturated/α-hetero) is 1. The van der Waals surface area contributed by atoms with Crippen LogP contribution < -0.4 is 9.64 Å². The van der Waals surface area contributed by atoms with E-state index in [0.29, 0.717) is 41.3 Å². The fraction of sp³-hybridized carbons (Fsp3) is 0.290. The number of aliphatic hydroxyl groups excluding tert-OH is 1. The highest BCUT2D eigenvalue weighted by molar-refractivity contribution is 6.51. The minimum atomic E-state index is -1.01. The first-order chi connectivity index (χ1) is 18.6. The lowest BCUT2D eigenvalue weighted by atomic mass is 9.85. The molecule has 202 valence electrons. The van der Waals surface area contributed by atoms with E-state index in [1.54, 1.807) is 48.7 Å². The van der Waals surface area contributed by atoms with Gasteiger partial charge >= 0.3 is 5.97 Å². The summed E-state index contributed by atoms with van der Waals surface area (Å²) in [4.78, 5) is 44.9. The highest BCUT2D eigenvalue weighted by Crippen LogP contribution is 2.43. The Morgan fingerprint density at radius 1 is 1.05 bits per heavy atom. The number of aromatic nitrogens is 1. The number of carbonyl (C=O) groups is 3. The van der Waals surface area contributed by atoms with Crippen molar-refractivity contribution in [3.8, 4) is 5.75 Å². The molecule has 0 aliphatic carbocycles. The second kappa shape index (κ2) is 11.1. The Labute approximate surface area is 227 Å². The molecule has 8 heteroatoms. The van der Waals surface area contributed by atoms with Crippen molar-refractivity contribution >= 4 is 29.1 Å². The molecule has 1 unspecified atom stereocenters. The highest BCUT2D eigenvalue weighted by atomic mass is 16.5. The van der Waals surface area contributed by atoms with Crippen LogP contribution in [0.25, 0.3) is 5.76 Å². The van der Waals surface area contributed by atoms with Gasteiger partial charge in [0.15, 0.2) is 0 Å². The summed E-state index contributed by atoms with van der Waals surface area (Å²) in [7, 11) is 1.48. The number of ketones is 1. The van der Waals surface area contributed by atoms with Crippen LogP contribution >= 0.6 is 0 Å². The Hall–Kier alpha value is -4.46. The molecule has 1 aromatic heterocycles. The van der Waals surface area contributed by atoms with Crippen LogP contribution in [0.3, 0.4) is 0 Å². The summed E-state index contributed by atoms with van der Waals surface area (Å²) in [6.07, 6.45) is 2.26. The molecule has 2 heterocycles. The summed E-state index contributed by atoms with van der Waals surface area (Å²) in [5.74, 6) is -2.13. The fourth-order valence-electron chi connectivity index (χ4n) is 4.46. The Kier molecular flexibility index (Phi) is 7.85. The van der Waals surface area contributed by atoms with Crippen LogP contribution in [0.2, 0.25) is 0 Å². The first-order valence-electron chi connectivity index (χ1n) is 12.8. The van der Waals surface area contributed by atoms with Gasteiger partial charge in [-0.05, 0) is 65.9 Å². The predicted molar refractivity (Wildman–Crippen MR) is 148 cm³/mol. The van der Waals surface area contributed by atoms with Gasteiger partial charge in [0.1, 0.15) is 17.6 Å². The number of anilines is 1. The van der Waals surface area contributed by atoms with Gasteiger partial charge in [-0.25, -0.2) is 4.79 Å². The van der Waals surface area contributed by atoms with Gasteiger partial charge in [-0.3, -0.25) is 19.5 Å². The van der Waals surface area contributed by atoms with Crippen molar-refractivity contribution in [2.75, 3.05) is 18.6 Å². The predicted octanol–water partition coefficient (Wildman–Crippen LogP) is 5.58. The topological polar surface area (TPSA) is 106 Å². The van der Waals surface area contributed by atoms with E-state index >= 15 is 0 Å². The summed E-state index contributed by atoms with van der Waals surface area (Å²) in [6, 6.07) is 15.8. The summed E-state index contributed by atoms with van der Waals surface area (Å²) >= 11 is 0. The average molecular weight is 529 g/mol. The molecule has 39 heavy (non-hydrogen) atoms. The Balaban J connectivity index is 1.88. The van der Waals surface area contributed by atoms with Crippen LogP contribution in [0.5, 0.6) is 5.75 Å². The van der Waals surface area contributed by atoms with Gasteiger partial charge in [-0.1, -0.05) is 39.8 Å². The molecule has 4 rings (SSSR count). The third-order valence-corrected chi connectivity index (χ3v) is 6.55. The lowest BCUT2D eigenvalue weighted by Crippen LogP contribution is -2.29. The molecule has 1 amide bonds. The lowest BCUT2D eigenvalue weighted by Gasteiger charge is -2.25. The van der Waals surface area contributed by atoms with Crippen molar-refractivity contribution in [2.24, 2.45) is 0 Å². The van der Waals surface area contributed by atoms with E-state index in [-0.39, 0.29) is 16.7 Å². The number of pyridine rings is 1. The van der Waals surface area contributed by atoms with Crippen molar-refractivity contribution in [1.29, 1.82) is 0 Å². The molecule has 3 aromatic rings. The van der Waals surface area contributed by atoms with Crippen LogP contribution in [-0.4, -0.2) is 41.5 Å². The van der Waals surface area contributed by atoms with Gasteiger partial charge in [0.25, 0.3) is 11.7 Å². The van der Waals surface area contributed by atoms with E-state index in [0.717, 1.165) is 5.56 Å². The molecule has 1 N–H and O–H groups in total. The SMILES string of the molecule is CCCOC(=O)c1ccc(N2C(=O)C(=O)/C(=C(/O)c3cc(C(C)(C)C)ccc3OC)C2c2ccccn2)cc1. The molecule has 0 saturated carbocycles. The second-order valence-corrected chi connectivity index (χ2v) is 10.3. The molecule has 1 fully saturated rings. The molecule has 1 aliphatic heterocycles. The van der Waals surface area contributed by atoms with Crippen LogP contribution in [0.4, 0.5) is 5.69 Å². The van der Waals surface area contributed by atoms with Crippen LogP contribution in [0.1, 0.15) is 67.3 Å². The number of ether oxygens (including phenoxy) is 2. The number of aliphatic hydroxyl groups is 1. The normalized spacial score (nSPS) is 16.8. The first-order valence-corrected chi connectivity index (χ1v) is 12.8. The summed E-state index contributed by atoms with van der Waals surface area (Å²) in [6.45, 7) is 8.31. The van der Waals surface area contributed by atoms with Gasteiger partial charge in [-0.15, -0.1) is 0 Å². The van der Waals surface area contributed by atoms with Crippen molar-refractivity contribution in [3.63, 3.8) is 0 Å². The zero-order valence-corrected chi connectivity index (χ0v) is 22.7. The number of esters is 1. The molecule has 0 spiro atoms. The van der Waals surface area contributed by atoms with Crippen LogP contribution in [0, 0.1) is 0 Å². The van der Waals surface area contributed by atoms with Gasteiger partial charge in [0.05, 0.1) is 36.1 Å². The maximum atomic E-state index is 13.5. The van der Waals surface area contributed by atoms with E-state index < -0.39 is 23.7 Å². The summed E-state index contributed by atoms with van der Waals surface area (Å²) in [5, 5.41) is 11.6. The number of rotatable bonds is 7.